The van der Waals surface area contributed by atoms with Crippen LogP contribution in [-0.4, -0.2) is 11.1 Å². The molecule has 2 aromatic rings. The lowest BCUT2D eigenvalue weighted by Gasteiger charge is -2.11. The molecule has 0 aliphatic carbocycles. The van der Waals surface area contributed by atoms with Crippen molar-refractivity contribution in [2.45, 2.75) is 19.4 Å². The molecular weight excluding hydrogens is 274 g/mol. The number of carboxylic acids is 1. The molecule has 0 amide bonds. The van der Waals surface area contributed by atoms with Gasteiger partial charge in [-0.3, -0.25) is 4.79 Å². The zero-order chi connectivity index (χ0) is 14.4. The van der Waals surface area contributed by atoms with Gasteiger partial charge in [-0.1, -0.05) is 41.9 Å². The summed E-state index contributed by atoms with van der Waals surface area (Å²) in [6.45, 7) is 0.682. The number of halogens is 1. The van der Waals surface area contributed by atoms with Crippen LogP contribution in [0.3, 0.4) is 0 Å². The van der Waals surface area contributed by atoms with Crippen molar-refractivity contribution in [1.82, 2.24) is 0 Å². The topological polar surface area (TPSA) is 49.3 Å². The minimum absolute atomic E-state index is 0.139. The summed E-state index contributed by atoms with van der Waals surface area (Å²) in [4.78, 5) is 10.7. The number of carboxylic acid groups (broad SMARTS) is 1. The quantitative estimate of drug-likeness (QED) is 0.846. The number of aryl methyl sites for hydroxylation is 1. The van der Waals surface area contributed by atoms with Gasteiger partial charge in [-0.2, -0.15) is 0 Å². The number of para-hydroxylation sites is 1. The van der Waals surface area contributed by atoms with Crippen molar-refractivity contribution in [3.63, 3.8) is 0 Å². The van der Waals surface area contributed by atoms with Crippen LogP contribution in [0.5, 0.6) is 0 Å². The van der Waals surface area contributed by atoms with Crippen LogP contribution in [0.1, 0.15) is 17.5 Å². The van der Waals surface area contributed by atoms with E-state index in [1.807, 2.05) is 48.5 Å². The maximum Gasteiger partial charge on any atom is 0.303 e. The lowest BCUT2D eigenvalue weighted by Crippen LogP contribution is -2.04. The average molecular weight is 290 g/mol. The van der Waals surface area contributed by atoms with Crippen LogP contribution in [-0.2, 0) is 17.8 Å². The molecule has 0 aliphatic rings. The summed E-state index contributed by atoms with van der Waals surface area (Å²) >= 11 is 5.85. The molecule has 0 aliphatic heterocycles. The molecule has 0 atom stereocenters. The molecule has 4 heteroatoms. The Balaban J connectivity index is 2.01. The molecule has 0 fully saturated rings. The van der Waals surface area contributed by atoms with Crippen LogP contribution >= 0.6 is 11.6 Å². The summed E-state index contributed by atoms with van der Waals surface area (Å²) < 4.78 is 0. The molecule has 0 spiro atoms. The van der Waals surface area contributed by atoms with E-state index in [-0.39, 0.29) is 6.42 Å². The van der Waals surface area contributed by atoms with Gasteiger partial charge in [-0.05, 0) is 35.7 Å². The summed E-state index contributed by atoms with van der Waals surface area (Å²) in [7, 11) is 0. The van der Waals surface area contributed by atoms with Crippen LogP contribution in [0.4, 0.5) is 5.69 Å². The Morgan fingerprint density at radius 3 is 2.50 bits per heavy atom. The lowest BCUT2D eigenvalue weighted by molar-refractivity contribution is -0.136. The second-order valence-electron chi connectivity index (χ2n) is 4.53. The molecule has 0 saturated heterocycles. The Hall–Kier alpha value is -2.00. The second kappa shape index (κ2) is 6.96. The van der Waals surface area contributed by atoms with E-state index in [2.05, 4.69) is 5.32 Å². The normalized spacial score (nSPS) is 10.2. The van der Waals surface area contributed by atoms with Gasteiger partial charge in [0.1, 0.15) is 0 Å². The number of hydrogen-bond acceptors (Lipinski definition) is 2. The van der Waals surface area contributed by atoms with Gasteiger partial charge in [0, 0.05) is 23.7 Å². The van der Waals surface area contributed by atoms with Crippen molar-refractivity contribution in [2.75, 3.05) is 5.32 Å². The van der Waals surface area contributed by atoms with E-state index in [1.165, 1.54) is 0 Å². The number of aliphatic carboxylic acids is 1. The van der Waals surface area contributed by atoms with Gasteiger partial charge >= 0.3 is 5.97 Å². The van der Waals surface area contributed by atoms with Gasteiger partial charge in [0.25, 0.3) is 0 Å². The van der Waals surface area contributed by atoms with Crippen LogP contribution < -0.4 is 5.32 Å². The molecule has 2 N–H and O–H groups in total. The predicted octanol–water partition coefficient (Wildman–Crippen LogP) is 3.97. The van der Waals surface area contributed by atoms with Gasteiger partial charge in [-0.15, -0.1) is 0 Å². The fourth-order valence-electron chi connectivity index (χ4n) is 1.95. The highest BCUT2D eigenvalue weighted by molar-refractivity contribution is 6.30. The third-order valence-corrected chi connectivity index (χ3v) is 3.27. The number of hydrogen-bond donors (Lipinski definition) is 2. The predicted molar refractivity (Wildman–Crippen MR) is 81.2 cm³/mol. The SMILES string of the molecule is O=C(O)CCc1ccccc1NCc1ccc(Cl)cc1. The van der Waals surface area contributed by atoms with Crippen molar-refractivity contribution < 1.29 is 9.90 Å². The number of carbonyl (C=O) groups is 1. The maximum atomic E-state index is 10.7. The smallest absolute Gasteiger partial charge is 0.303 e. The van der Waals surface area contributed by atoms with E-state index >= 15 is 0 Å². The van der Waals surface area contributed by atoms with Crippen molar-refractivity contribution in [2.24, 2.45) is 0 Å². The molecule has 2 rings (SSSR count). The Kier molecular flexibility index (Phi) is 5.02. The average Bonchev–Trinajstić information content (AvgIpc) is 2.45. The summed E-state index contributed by atoms with van der Waals surface area (Å²) in [6.07, 6.45) is 0.665. The second-order valence-corrected chi connectivity index (χ2v) is 4.97. The van der Waals surface area contributed by atoms with Gasteiger partial charge in [-0.25, -0.2) is 0 Å². The van der Waals surface area contributed by atoms with Gasteiger partial charge in [0.05, 0.1) is 0 Å². The summed E-state index contributed by atoms with van der Waals surface area (Å²) in [6, 6.07) is 15.4. The van der Waals surface area contributed by atoms with Crippen molar-refractivity contribution in [3.05, 3.63) is 64.7 Å². The minimum atomic E-state index is -0.780. The van der Waals surface area contributed by atoms with Crippen LogP contribution in [0.25, 0.3) is 0 Å². The van der Waals surface area contributed by atoms with Gasteiger partial charge < -0.3 is 10.4 Å². The molecule has 0 unspecified atom stereocenters. The van der Waals surface area contributed by atoms with E-state index < -0.39 is 5.97 Å². The van der Waals surface area contributed by atoms with Crippen molar-refractivity contribution in [1.29, 1.82) is 0 Å². The molecule has 0 bridgehead atoms. The van der Waals surface area contributed by atoms with Gasteiger partial charge in [0.15, 0.2) is 0 Å². The molecule has 0 radical (unpaired) electrons. The Bertz CT molecular complexity index is 581. The largest absolute Gasteiger partial charge is 0.481 e. The van der Waals surface area contributed by atoms with Gasteiger partial charge in [0.2, 0.25) is 0 Å². The Morgan fingerprint density at radius 2 is 1.80 bits per heavy atom. The summed E-state index contributed by atoms with van der Waals surface area (Å²) in [5.41, 5.74) is 3.12. The first-order chi connectivity index (χ1) is 9.65. The number of nitrogens with one attached hydrogen (secondary N) is 1. The molecule has 3 nitrogen and oxygen atoms in total. The Morgan fingerprint density at radius 1 is 1.10 bits per heavy atom. The molecule has 104 valence electrons. The minimum Gasteiger partial charge on any atom is -0.481 e. The number of rotatable bonds is 6. The standard InChI is InChI=1S/C16H16ClNO2/c17-14-8-5-12(6-9-14)11-18-15-4-2-1-3-13(15)7-10-16(19)20/h1-6,8-9,18H,7,10-11H2,(H,19,20). The van der Waals surface area contributed by atoms with Crippen LogP contribution in [0.15, 0.2) is 48.5 Å². The summed E-state index contributed by atoms with van der Waals surface area (Å²) in [5.74, 6) is -0.780. The van der Waals surface area contributed by atoms with E-state index in [4.69, 9.17) is 16.7 Å². The lowest BCUT2D eigenvalue weighted by atomic mass is 10.1. The zero-order valence-corrected chi connectivity index (χ0v) is 11.7. The first-order valence-electron chi connectivity index (χ1n) is 6.43. The highest BCUT2D eigenvalue weighted by atomic mass is 35.5. The van der Waals surface area contributed by atoms with Crippen molar-refractivity contribution in [3.8, 4) is 0 Å². The zero-order valence-electron chi connectivity index (χ0n) is 11.0. The van der Waals surface area contributed by atoms with Crippen molar-refractivity contribution >= 4 is 23.3 Å². The highest BCUT2D eigenvalue weighted by Crippen LogP contribution is 2.18. The molecule has 0 aromatic heterocycles. The van der Waals surface area contributed by atoms with Crippen LogP contribution in [0, 0.1) is 0 Å². The summed E-state index contributed by atoms with van der Waals surface area (Å²) in [5, 5.41) is 12.8. The van der Waals surface area contributed by atoms with E-state index in [0.29, 0.717) is 13.0 Å². The first-order valence-corrected chi connectivity index (χ1v) is 6.81. The molecule has 0 saturated carbocycles. The monoisotopic (exact) mass is 289 g/mol. The van der Waals surface area contributed by atoms with E-state index in [1.54, 1.807) is 0 Å². The fourth-order valence-corrected chi connectivity index (χ4v) is 2.08. The third kappa shape index (κ3) is 4.28. The Labute approximate surface area is 123 Å². The molecule has 20 heavy (non-hydrogen) atoms. The van der Waals surface area contributed by atoms with E-state index in [9.17, 15) is 4.79 Å². The number of benzene rings is 2. The first kappa shape index (κ1) is 14.4. The fraction of sp³-hybridized carbons (Fsp3) is 0.188. The molecule has 0 heterocycles. The highest BCUT2D eigenvalue weighted by Gasteiger charge is 2.04. The number of anilines is 1. The third-order valence-electron chi connectivity index (χ3n) is 3.02. The maximum absolute atomic E-state index is 10.7. The van der Waals surface area contributed by atoms with Crippen LogP contribution in [0.2, 0.25) is 5.02 Å². The van der Waals surface area contributed by atoms with E-state index in [0.717, 1.165) is 21.8 Å². The molecule has 2 aromatic carbocycles. The molecular formula is C16H16ClNO2.